The van der Waals surface area contributed by atoms with Crippen molar-refractivity contribution in [3.05, 3.63) is 34.9 Å². The molecule has 1 saturated carbocycles. The summed E-state index contributed by atoms with van der Waals surface area (Å²) in [5.41, 5.74) is 3.03. The van der Waals surface area contributed by atoms with Crippen LogP contribution in [0.1, 0.15) is 45.2 Å². The third kappa shape index (κ3) is 3.00. The first-order valence-electron chi connectivity index (χ1n) is 8.99. The lowest BCUT2D eigenvalue weighted by Crippen LogP contribution is -2.37. The largest absolute Gasteiger partial charge is 0.350 e. The number of carbonyl (C=O) groups excluding carboxylic acids is 2. The summed E-state index contributed by atoms with van der Waals surface area (Å²) in [5, 5.41) is 11.8. The van der Waals surface area contributed by atoms with Crippen LogP contribution in [0, 0.1) is 19.3 Å². The van der Waals surface area contributed by atoms with Crippen LogP contribution in [-0.2, 0) is 13.1 Å². The van der Waals surface area contributed by atoms with E-state index < -0.39 is 0 Å². The number of likely N-dealkylation sites (N-methyl/N-ethyl adjacent to an activating group) is 1. The molecule has 4 rings (SSSR count). The smallest absolute Gasteiger partial charge is 0.271 e. The maximum Gasteiger partial charge on any atom is 0.271 e. The van der Waals surface area contributed by atoms with Gasteiger partial charge in [0.2, 0.25) is 0 Å². The second-order valence-corrected chi connectivity index (χ2v) is 7.63. The van der Waals surface area contributed by atoms with Crippen molar-refractivity contribution in [2.45, 2.75) is 39.8 Å². The number of nitrogens with zero attached hydrogens (tertiary/aromatic N) is 5. The Morgan fingerprint density at radius 1 is 1.23 bits per heavy atom. The summed E-state index contributed by atoms with van der Waals surface area (Å²) in [7, 11) is 1.76. The van der Waals surface area contributed by atoms with E-state index in [-0.39, 0.29) is 17.2 Å². The quantitative estimate of drug-likeness (QED) is 0.866. The van der Waals surface area contributed by atoms with Crippen molar-refractivity contribution in [1.29, 1.82) is 0 Å². The molecule has 0 bridgehead atoms. The lowest BCUT2D eigenvalue weighted by molar-refractivity contribution is 0.0742. The van der Waals surface area contributed by atoms with Crippen LogP contribution in [0.15, 0.2) is 12.1 Å². The van der Waals surface area contributed by atoms with E-state index in [9.17, 15) is 9.59 Å². The van der Waals surface area contributed by atoms with E-state index >= 15 is 0 Å². The summed E-state index contributed by atoms with van der Waals surface area (Å²) in [5.74, 6) is -0.312. The Hall–Kier alpha value is -2.64. The molecule has 8 heteroatoms. The number of hydrogen-bond acceptors (Lipinski definition) is 4. The molecule has 2 aromatic heterocycles. The van der Waals surface area contributed by atoms with Crippen molar-refractivity contribution in [2.75, 3.05) is 20.1 Å². The summed E-state index contributed by atoms with van der Waals surface area (Å²) in [6, 6.07) is 3.66. The molecule has 0 aromatic carbocycles. The van der Waals surface area contributed by atoms with Gasteiger partial charge in [0.15, 0.2) is 5.69 Å². The van der Waals surface area contributed by atoms with Gasteiger partial charge in [-0.3, -0.25) is 19.0 Å². The molecule has 2 amide bonds. The molecule has 1 aliphatic heterocycles. The normalized spacial score (nSPS) is 18.0. The van der Waals surface area contributed by atoms with Crippen molar-refractivity contribution in [1.82, 2.24) is 29.8 Å². The van der Waals surface area contributed by atoms with Crippen LogP contribution in [0.3, 0.4) is 0 Å². The van der Waals surface area contributed by atoms with Crippen molar-refractivity contribution < 1.29 is 9.59 Å². The molecule has 0 radical (unpaired) electrons. The standard InChI is InChI=1S/C18H24N6O2/c1-12-8-13(2)24(20-12)11-18(4-5-18)10-19-16(25)14-9-15-17(26)22(3)6-7-23(15)21-14/h8-9H,4-7,10-11H2,1-3H3,(H,19,25). The Kier molecular flexibility index (Phi) is 3.86. The predicted octanol–water partition coefficient (Wildman–Crippen LogP) is 0.992. The fourth-order valence-electron chi connectivity index (χ4n) is 3.49. The number of amides is 2. The third-order valence-corrected chi connectivity index (χ3v) is 5.40. The van der Waals surface area contributed by atoms with Gasteiger partial charge < -0.3 is 10.2 Å². The summed E-state index contributed by atoms with van der Waals surface area (Å²) in [6.07, 6.45) is 2.16. The van der Waals surface area contributed by atoms with Gasteiger partial charge in [-0.2, -0.15) is 10.2 Å². The first-order chi connectivity index (χ1) is 12.4. The highest BCUT2D eigenvalue weighted by Gasteiger charge is 2.43. The van der Waals surface area contributed by atoms with E-state index in [1.807, 2.05) is 11.6 Å². The number of hydrogen-bond donors (Lipinski definition) is 1. The molecular formula is C18H24N6O2. The van der Waals surface area contributed by atoms with E-state index in [1.54, 1.807) is 22.7 Å². The number of nitrogens with one attached hydrogen (secondary N) is 1. The maximum atomic E-state index is 12.5. The molecule has 3 heterocycles. The highest BCUT2D eigenvalue weighted by Crippen LogP contribution is 2.46. The number of aromatic nitrogens is 4. The van der Waals surface area contributed by atoms with Gasteiger partial charge in [0, 0.05) is 43.9 Å². The van der Waals surface area contributed by atoms with Gasteiger partial charge in [-0.15, -0.1) is 0 Å². The average Bonchev–Trinajstić information content (AvgIpc) is 3.09. The van der Waals surface area contributed by atoms with Gasteiger partial charge in [0.05, 0.1) is 12.2 Å². The van der Waals surface area contributed by atoms with Crippen LogP contribution in [-0.4, -0.2) is 56.4 Å². The Morgan fingerprint density at radius 3 is 2.65 bits per heavy atom. The van der Waals surface area contributed by atoms with Crippen LogP contribution in [0.2, 0.25) is 0 Å². The molecule has 0 spiro atoms. The summed E-state index contributed by atoms with van der Waals surface area (Å²) in [4.78, 5) is 26.3. The number of carbonyl (C=O) groups is 2. The topological polar surface area (TPSA) is 85.0 Å². The summed E-state index contributed by atoms with van der Waals surface area (Å²) in [6.45, 7) is 6.69. The first kappa shape index (κ1) is 16.8. The van der Waals surface area contributed by atoms with Crippen molar-refractivity contribution in [2.24, 2.45) is 5.41 Å². The summed E-state index contributed by atoms with van der Waals surface area (Å²) < 4.78 is 3.65. The minimum atomic E-state index is -0.220. The molecule has 1 aliphatic carbocycles. The highest BCUT2D eigenvalue weighted by molar-refractivity contribution is 5.98. The Bertz CT molecular complexity index is 876. The van der Waals surface area contributed by atoms with E-state index in [0.29, 0.717) is 31.0 Å². The Morgan fingerprint density at radius 2 is 2.00 bits per heavy atom. The Labute approximate surface area is 152 Å². The molecule has 0 atom stereocenters. The lowest BCUT2D eigenvalue weighted by Gasteiger charge is -2.22. The zero-order valence-corrected chi connectivity index (χ0v) is 15.4. The Balaban J connectivity index is 1.41. The van der Waals surface area contributed by atoms with Crippen LogP contribution in [0.4, 0.5) is 0 Å². The number of fused-ring (bicyclic) bond motifs is 1. The van der Waals surface area contributed by atoms with Gasteiger partial charge in [0.1, 0.15) is 5.69 Å². The van der Waals surface area contributed by atoms with Crippen molar-refractivity contribution in [3.63, 3.8) is 0 Å². The molecule has 1 fully saturated rings. The minimum Gasteiger partial charge on any atom is -0.350 e. The fourth-order valence-corrected chi connectivity index (χ4v) is 3.49. The lowest BCUT2D eigenvalue weighted by atomic mass is 10.1. The summed E-state index contributed by atoms with van der Waals surface area (Å²) >= 11 is 0. The van der Waals surface area contributed by atoms with Gasteiger partial charge in [0.25, 0.3) is 11.8 Å². The number of aryl methyl sites for hydroxylation is 2. The molecule has 8 nitrogen and oxygen atoms in total. The monoisotopic (exact) mass is 356 g/mol. The highest BCUT2D eigenvalue weighted by atomic mass is 16.2. The molecule has 2 aliphatic rings. The minimum absolute atomic E-state index is 0.0776. The van der Waals surface area contributed by atoms with Gasteiger partial charge in [-0.1, -0.05) is 0 Å². The van der Waals surface area contributed by atoms with Crippen LogP contribution in [0.5, 0.6) is 0 Å². The second kappa shape index (κ2) is 5.96. The first-order valence-corrected chi connectivity index (χ1v) is 8.99. The second-order valence-electron chi connectivity index (χ2n) is 7.63. The predicted molar refractivity (Wildman–Crippen MR) is 94.9 cm³/mol. The van der Waals surface area contributed by atoms with Gasteiger partial charge >= 0.3 is 0 Å². The zero-order chi connectivity index (χ0) is 18.5. The van der Waals surface area contributed by atoms with E-state index in [1.165, 1.54) is 0 Å². The number of rotatable bonds is 5. The molecular weight excluding hydrogens is 332 g/mol. The molecule has 138 valence electrons. The van der Waals surface area contributed by atoms with Gasteiger partial charge in [-0.05, 0) is 32.8 Å². The van der Waals surface area contributed by atoms with E-state index in [4.69, 9.17) is 0 Å². The third-order valence-electron chi connectivity index (χ3n) is 5.40. The van der Waals surface area contributed by atoms with Crippen LogP contribution < -0.4 is 5.32 Å². The van der Waals surface area contributed by atoms with Crippen LogP contribution >= 0.6 is 0 Å². The fraction of sp³-hybridized carbons (Fsp3) is 0.556. The van der Waals surface area contributed by atoms with Crippen molar-refractivity contribution >= 4 is 11.8 Å². The molecule has 2 aromatic rings. The molecule has 0 unspecified atom stereocenters. The van der Waals surface area contributed by atoms with Gasteiger partial charge in [-0.25, -0.2) is 0 Å². The molecule has 1 N–H and O–H groups in total. The maximum absolute atomic E-state index is 12.5. The molecule has 0 saturated heterocycles. The van der Waals surface area contributed by atoms with E-state index in [2.05, 4.69) is 28.5 Å². The SMILES string of the molecule is Cc1cc(C)n(CC2(CNC(=O)c3cc4n(n3)CCN(C)C4=O)CC2)n1. The zero-order valence-electron chi connectivity index (χ0n) is 15.4. The van der Waals surface area contributed by atoms with E-state index in [0.717, 1.165) is 30.8 Å². The average molecular weight is 356 g/mol. The van der Waals surface area contributed by atoms with Crippen LogP contribution in [0.25, 0.3) is 0 Å². The van der Waals surface area contributed by atoms with Crippen molar-refractivity contribution in [3.8, 4) is 0 Å². The molecule has 26 heavy (non-hydrogen) atoms.